The lowest BCUT2D eigenvalue weighted by Gasteiger charge is -2.26. The highest BCUT2D eigenvalue weighted by molar-refractivity contribution is 5.62. The Bertz CT molecular complexity index is 1080. The molecule has 0 spiro atoms. The van der Waals surface area contributed by atoms with Crippen molar-refractivity contribution in [1.82, 2.24) is 24.7 Å². The van der Waals surface area contributed by atoms with E-state index in [1.165, 1.54) is 16.7 Å². The van der Waals surface area contributed by atoms with Crippen molar-refractivity contribution >= 4 is 11.6 Å². The predicted molar refractivity (Wildman–Crippen MR) is 97.0 cm³/mol. The number of alkyl halides is 4. The Morgan fingerprint density at radius 1 is 1.20 bits per heavy atom. The predicted octanol–water partition coefficient (Wildman–Crippen LogP) is 2.42. The fourth-order valence-electron chi connectivity index (χ4n) is 3.18. The van der Waals surface area contributed by atoms with E-state index in [0.29, 0.717) is 13.5 Å². The van der Waals surface area contributed by atoms with Gasteiger partial charge in [0.05, 0.1) is 24.1 Å². The molecule has 1 aliphatic rings. The van der Waals surface area contributed by atoms with Crippen LogP contribution in [0.25, 0.3) is 17.0 Å². The molecule has 3 aromatic heterocycles. The fourth-order valence-corrected chi connectivity index (χ4v) is 3.18. The molecule has 160 valence electrons. The average molecular weight is 428 g/mol. The third-order valence-electron chi connectivity index (χ3n) is 5.06. The van der Waals surface area contributed by atoms with E-state index in [2.05, 4.69) is 25.6 Å². The summed E-state index contributed by atoms with van der Waals surface area (Å²) in [4.78, 5) is 11.9. The molecule has 0 aromatic carbocycles. The molecule has 12 heteroatoms. The first-order valence-electron chi connectivity index (χ1n) is 8.99. The molecule has 1 aliphatic heterocycles. The van der Waals surface area contributed by atoms with E-state index < -0.39 is 35.4 Å². The highest BCUT2D eigenvalue weighted by Crippen LogP contribution is 2.38. The van der Waals surface area contributed by atoms with Crippen LogP contribution in [0.2, 0.25) is 0 Å². The van der Waals surface area contributed by atoms with Crippen molar-refractivity contribution in [2.45, 2.75) is 30.9 Å². The molecule has 1 fully saturated rings. The Kier molecular flexibility index (Phi) is 4.85. The standard InChI is InChI=1S/C18H17F5N6O/c1-17(30,18(21,22)23)9-2-3-14-25-7-13(29(14)8-9)15-11(20)5-26-16(28-15)27-12-6-24-4-10(12)19/h2-3,5,7-8,10,12,24,30H,4,6H2,1H3,(H,26,27,28). The lowest BCUT2D eigenvalue weighted by Crippen LogP contribution is -2.39. The second-order valence-electron chi connectivity index (χ2n) is 7.17. The van der Waals surface area contributed by atoms with Crippen LogP contribution in [0, 0.1) is 5.82 Å². The zero-order valence-corrected chi connectivity index (χ0v) is 15.6. The van der Waals surface area contributed by atoms with Crippen molar-refractivity contribution in [3.05, 3.63) is 42.1 Å². The van der Waals surface area contributed by atoms with Crippen molar-refractivity contribution in [1.29, 1.82) is 0 Å². The Hall–Kier alpha value is -2.86. The van der Waals surface area contributed by atoms with Gasteiger partial charge in [0, 0.05) is 24.8 Å². The van der Waals surface area contributed by atoms with E-state index in [1.54, 1.807) is 0 Å². The molecule has 30 heavy (non-hydrogen) atoms. The monoisotopic (exact) mass is 428 g/mol. The minimum Gasteiger partial charge on any atom is -0.376 e. The molecular formula is C18H17F5N6O. The van der Waals surface area contributed by atoms with Gasteiger partial charge in [-0.05, 0) is 13.0 Å². The van der Waals surface area contributed by atoms with Gasteiger partial charge in [0.25, 0.3) is 0 Å². The molecule has 4 heterocycles. The number of pyridine rings is 1. The highest BCUT2D eigenvalue weighted by atomic mass is 19.4. The van der Waals surface area contributed by atoms with E-state index in [4.69, 9.17) is 0 Å². The van der Waals surface area contributed by atoms with Crippen LogP contribution < -0.4 is 10.6 Å². The van der Waals surface area contributed by atoms with Crippen LogP contribution >= 0.6 is 0 Å². The van der Waals surface area contributed by atoms with Crippen LogP contribution in [0.1, 0.15) is 12.5 Å². The summed E-state index contributed by atoms with van der Waals surface area (Å²) in [6.45, 7) is 1.13. The zero-order valence-electron chi connectivity index (χ0n) is 15.6. The van der Waals surface area contributed by atoms with E-state index >= 15 is 0 Å². The van der Waals surface area contributed by atoms with Gasteiger partial charge in [-0.3, -0.25) is 4.40 Å². The molecule has 7 nitrogen and oxygen atoms in total. The summed E-state index contributed by atoms with van der Waals surface area (Å²) in [5, 5.41) is 15.6. The van der Waals surface area contributed by atoms with E-state index in [1.807, 2.05) is 0 Å². The zero-order chi connectivity index (χ0) is 21.7. The summed E-state index contributed by atoms with van der Waals surface area (Å²) in [6.07, 6.45) is -2.94. The van der Waals surface area contributed by atoms with Gasteiger partial charge in [-0.2, -0.15) is 13.2 Å². The fraction of sp³-hybridized carbons (Fsp3) is 0.389. The van der Waals surface area contributed by atoms with Crippen LogP contribution in [0.4, 0.5) is 27.9 Å². The molecule has 3 atom stereocenters. The first-order valence-corrected chi connectivity index (χ1v) is 8.99. The molecule has 3 N–H and O–H groups in total. The van der Waals surface area contributed by atoms with Gasteiger partial charge in [0.1, 0.15) is 17.5 Å². The maximum Gasteiger partial charge on any atom is 0.421 e. The maximum absolute atomic E-state index is 14.5. The molecule has 0 amide bonds. The Balaban J connectivity index is 1.76. The third-order valence-corrected chi connectivity index (χ3v) is 5.06. The number of imidazole rings is 1. The summed E-state index contributed by atoms with van der Waals surface area (Å²) < 4.78 is 69.1. The van der Waals surface area contributed by atoms with Crippen molar-refractivity contribution < 1.29 is 27.1 Å². The first-order chi connectivity index (χ1) is 14.1. The molecule has 0 radical (unpaired) electrons. The second kappa shape index (κ2) is 7.13. The van der Waals surface area contributed by atoms with E-state index in [-0.39, 0.29) is 29.5 Å². The van der Waals surface area contributed by atoms with Crippen LogP contribution in [0.5, 0.6) is 0 Å². The number of aliphatic hydroxyl groups is 1. The lowest BCUT2D eigenvalue weighted by molar-refractivity contribution is -0.259. The second-order valence-corrected chi connectivity index (χ2v) is 7.17. The third kappa shape index (κ3) is 3.45. The van der Waals surface area contributed by atoms with Gasteiger partial charge in [0.2, 0.25) is 5.95 Å². The van der Waals surface area contributed by atoms with Gasteiger partial charge in [-0.15, -0.1) is 0 Å². The number of hydrogen-bond acceptors (Lipinski definition) is 6. The molecular weight excluding hydrogens is 411 g/mol. The summed E-state index contributed by atoms with van der Waals surface area (Å²) in [7, 11) is 0. The Morgan fingerprint density at radius 2 is 1.97 bits per heavy atom. The van der Waals surface area contributed by atoms with Crippen LogP contribution in [0.3, 0.4) is 0 Å². The SMILES string of the molecule is CC(O)(c1ccc2ncc(-c3nc(NC4CNCC4F)ncc3F)n2c1)C(F)(F)F. The number of nitrogens with zero attached hydrogens (tertiary/aromatic N) is 4. The summed E-state index contributed by atoms with van der Waals surface area (Å²) in [5.74, 6) is -0.868. The van der Waals surface area contributed by atoms with Crippen LogP contribution in [0.15, 0.2) is 30.7 Å². The maximum atomic E-state index is 14.5. The highest BCUT2D eigenvalue weighted by Gasteiger charge is 2.51. The summed E-state index contributed by atoms with van der Waals surface area (Å²) in [5.41, 5.74) is -3.53. The molecule has 0 aliphatic carbocycles. The number of aromatic nitrogens is 4. The van der Waals surface area contributed by atoms with Crippen LogP contribution in [-0.2, 0) is 5.60 Å². The number of rotatable bonds is 4. The number of fused-ring (bicyclic) bond motifs is 1. The molecule has 0 bridgehead atoms. The average Bonchev–Trinajstić information content (AvgIpc) is 3.28. The van der Waals surface area contributed by atoms with Gasteiger partial charge in [0.15, 0.2) is 11.4 Å². The largest absolute Gasteiger partial charge is 0.421 e. The number of anilines is 1. The van der Waals surface area contributed by atoms with Crippen molar-refractivity contribution in [2.24, 2.45) is 0 Å². The van der Waals surface area contributed by atoms with Gasteiger partial charge >= 0.3 is 6.18 Å². The normalized spacial score (nSPS) is 21.7. The van der Waals surface area contributed by atoms with Crippen LogP contribution in [-0.4, -0.2) is 55.9 Å². The van der Waals surface area contributed by atoms with Gasteiger partial charge in [-0.25, -0.2) is 23.7 Å². The quantitative estimate of drug-likeness (QED) is 0.554. The Morgan fingerprint density at radius 3 is 2.63 bits per heavy atom. The lowest BCUT2D eigenvalue weighted by atomic mass is 9.97. The summed E-state index contributed by atoms with van der Waals surface area (Å²) in [6, 6.07) is 1.77. The number of hydrogen-bond donors (Lipinski definition) is 3. The van der Waals surface area contributed by atoms with Crippen molar-refractivity contribution in [3.8, 4) is 11.4 Å². The van der Waals surface area contributed by atoms with Gasteiger partial charge in [-0.1, -0.05) is 6.07 Å². The Labute approximate surface area is 167 Å². The smallest absolute Gasteiger partial charge is 0.376 e. The van der Waals surface area contributed by atoms with Gasteiger partial charge < -0.3 is 15.7 Å². The first kappa shape index (κ1) is 20.4. The minimum absolute atomic E-state index is 0.0313. The number of nitrogens with one attached hydrogen (secondary N) is 2. The number of halogens is 5. The van der Waals surface area contributed by atoms with E-state index in [0.717, 1.165) is 18.5 Å². The molecule has 4 rings (SSSR count). The summed E-state index contributed by atoms with van der Waals surface area (Å²) >= 11 is 0. The topological polar surface area (TPSA) is 87.4 Å². The molecule has 3 unspecified atom stereocenters. The van der Waals surface area contributed by atoms with Crippen molar-refractivity contribution in [2.75, 3.05) is 18.4 Å². The van der Waals surface area contributed by atoms with E-state index in [9.17, 15) is 27.1 Å². The minimum atomic E-state index is -4.92. The molecule has 1 saturated heterocycles. The molecule has 0 saturated carbocycles. The molecule has 3 aromatic rings. The van der Waals surface area contributed by atoms with Crippen molar-refractivity contribution in [3.63, 3.8) is 0 Å².